The minimum Gasteiger partial charge on any atom is -0.462 e. The van der Waals surface area contributed by atoms with Gasteiger partial charge in [0.15, 0.2) is 5.76 Å². The van der Waals surface area contributed by atoms with Gasteiger partial charge in [0, 0.05) is 28.0 Å². The Bertz CT molecular complexity index is 1880. The summed E-state index contributed by atoms with van der Waals surface area (Å²) in [6.07, 6.45) is 3.24. The highest BCUT2D eigenvalue weighted by molar-refractivity contribution is 6.00. The molecule has 0 aliphatic rings. The maximum absolute atomic E-state index is 13.6. The molecule has 0 bridgehead atoms. The van der Waals surface area contributed by atoms with Gasteiger partial charge in [0.05, 0.1) is 23.2 Å². The number of benzene rings is 3. The summed E-state index contributed by atoms with van der Waals surface area (Å²) in [5, 5.41) is 6.83. The third-order valence-corrected chi connectivity index (χ3v) is 6.20. The van der Waals surface area contributed by atoms with Crippen molar-refractivity contribution >= 4 is 45.0 Å². The average molecular weight is 505 g/mol. The number of rotatable bonds is 6. The van der Waals surface area contributed by atoms with Gasteiger partial charge in [0.25, 0.3) is 5.56 Å². The van der Waals surface area contributed by atoms with Crippen LogP contribution in [0, 0.1) is 0 Å². The zero-order valence-electron chi connectivity index (χ0n) is 20.9. The van der Waals surface area contributed by atoms with Crippen LogP contribution in [0.15, 0.2) is 99.4 Å². The topological polar surface area (TPSA) is 91.6 Å². The van der Waals surface area contributed by atoms with Crippen molar-refractivity contribution in [2.75, 3.05) is 0 Å². The van der Waals surface area contributed by atoms with Gasteiger partial charge in [0.2, 0.25) is 5.82 Å². The third-order valence-electron chi connectivity index (χ3n) is 6.20. The normalized spacial score (nSPS) is 11.9. The number of fused-ring (bicyclic) bond motifs is 3. The number of hydrogen-bond donors (Lipinski definition) is 0. The van der Waals surface area contributed by atoms with E-state index in [1.807, 2.05) is 85.3 Å². The number of carbonyl (C=O) groups is 1. The van der Waals surface area contributed by atoms with Gasteiger partial charge in [-0.2, -0.15) is 9.78 Å². The molecule has 0 N–H and O–H groups in total. The van der Waals surface area contributed by atoms with Crippen molar-refractivity contribution in [3.63, 3.8) is 0 Å². The van der Waals surface area contributed by atoms with E-state index < -0.39 is 0 Å². The van der Waals surface area contributed by atoms with Gasteiger partial charge in [-0.1, -0.05) is 48.5 Å². The lowest BCUT2D eigenvalue weighted by Crippen LogP contribution is -2.20. The minimum atomic E-state index is -0.327. The van der Waals surface area contributed by atoms with Crippen LogP contribution < -0.4 is 5.56 Å². The molecule has 3 aromatic heterocycles. The highest BCUT2D eigenvalue weighted by atomic mass is 16.5. The zero-order valence-corrected chi connectivity index (χ0v) is 20.9. The summed E-state index contributed by atoms with van der Waals surface area (Å²) in [5.74, 6) is 0.404. The summed E-state index contributed by atoms with van der Waals surface area (Å²) < 4.78 is 14.5. The number of furan rings is 1. The molecule has 0 amide bonds. The van der Waals surface area contributed by atoms with Gasteiger partial charge in [-0.25, -0.2) is 4.98 Å². The second kappa shape index (κ2) is 9.48. The SMILES string of the molecule is CC(C)OC(=O)Cn1cc(C=Nn2c(-c3cc4ccccc4o3)nc3ccccc3c2=O)c2ccccc21. The molecule has 0 radical (unpaired) electrons. The zero-order chi connectivity index (χ0) is 26.2. The van der Waals surface area contributed by atoms with Gasteiger partial charge >= 0.3 is 5.97 Å². The summed E-state index contributed by atoms with van der Waals surface area (Å²) in [5.41, 5.74) is 2.53. The van der Waals surface area contributed by atoms with Crippen LogP contribution in [-0.2, 0) is 16.1 Å². The van der Waals surface area contributed by atoms with Gasteiger partial charge in [-0.3, -0.25) is 9.59 Å². The summed E-state index contributed by atoms with van der Waals surface area (Å²) in [7, 11) is 0. The number of ether oxygens (including phenoxy) is 1. The molecular formula is C30H24N4O4. The number of aromatic nitrogens is 3. The Morgan fingerprint density at radius 2 is 1.76 bits per heavy atom. The van der Waals surface area contributed by atoms with E-state index in [4.69, 9.17) is 14.1 Å². The van der Waals surface area contributed by atoms with E-state index >= 15 is 0 Å². The molecule has 6 rings (SSSR count). The molecule has 3 heterocycles. The maximum Gasteiger partial charge on any atom is 0.326 e. The molecular weight excluding hydrogens is 480 g/mol. The average Bonchev–Trinajstić information content (AvgIpc) is 3.49. The second-order valence-electron chi connectivity index (χ2n) is 9.23. The Kier molecular flexibility index (Phi) is 5.84. The summed E-state index contributed by atoms with van der Waals surface area (Å²) in [6, 6.07) is 24.3. The Hall–Kier alpha value is -4.98. The van der Waals surface area contributed by atoms with Crippen LogP contribution in [0.2, 0.25) is 0 Å². The van der Waals surface area contributed by atoms with Gasteiger partial charge < -0.3 is 13.7 Å². The number of nitrogens with zero attached hydrogens (tertiary/aromatic N) is 4. The lowest BCUT2D eigenvalue weighted by Gasteiger charge is -2.09. The summed E-state index contributed by atoms with van der Waals surface area (Å²) in [6.45, 7) is 3.70. The van der Waals surface area contributed by atoms with E-state index in [2.05, 4.69) is 5.10 Å². The van der Waals surface area contributed by atoms with Crippen molar-refractivity contribution in [1.29, 1.82) is 0 Å². The van der Waals surface area contributed by atoms with Crippen molar-refractivity contribution in [2.24, 2.45) is 5.10 Å². The van der Waals surface area contributed by atoms with Crippen LogP contribution in [0.5, 0.6) is 0 Å². The van der Waals surface area contributed by atoms with Crippen LogP contribution in [0.25, 0.3) is 44.4 Å². The standard InChI is InChI=1S/C30H24N4O4/c1-19(2)37-28(35)18-33-17-21(22-10-5-7-13-25(22)33)16-31-34-29(27-15-20-9-3-8-14-26(20)38-27)32-24-12-6-4-11-23(24)30(34)36/h3-17,19H,18H2,1-2H3. The highest BCUT2D eigenvalue weighted by Crippen LogP contribution is 2.27. The molecule has 0 saturated heterocycles. The molecule has 38 heavy (non-hydrogen) atoms. The maximum atomic E-state index is 13.6. The lowest BCUT2D eigenvalue weighted by atomic mass is 10.2. The Labute approximate surface area is 217 Å². The first kappa shape index (κ1) is 23.4. The summed E-state index contributed by atoms with van der Waals surface area (Å²) in [4.78, 5) is 30.7. The molecule has 0 aliphatic heterocycles. The summed E-state index contributed by atoms with van der Waals surface area (Å²) >= 11 is 0. The first-order valence-corrected chi connectivity index (χ1v) is 12.3. The van der Waals surface area contributed by atoms with Crippen LogP contribution in [0.1, 0.15) is 19.4 Å². The molecule has 8 nitrogen and oxygen atoms in total. The number of hydrogen-bond acceptors (Lipinski definition) is 6. The third kappa shape index (κ3) is 4.26. The highest BCUT2D eigenvalue weighted by Gasteiger charge is 2.17. The predicted molar refractivity (Wildman–Crippen MR) is 147 cm³/mol. The van der Waals surface area contributed by atoms with Gasteiger partial charge in [-0.15, -0.1) is 0 Å². The van der Waals surface area contributed by atoms with Crippen molar-refractivity contribution in [2.45, 2.75) is 26.5 Å². The molecule has 8 heteroatoms. The monoisotopic (exact) mass is 504 g/mol. The molecule has 0 aliphatic carbocycles. The fraction of sp³-hybridized carbons (Fsp3) is 0.133. The van der Waals surface area contributed by atoms with E-state index in [0.29, 0.717) is 28.1 Å². The Morgan fingerprint density at radius 3 is 2.58 bits per heavy atom. The first-order valence-electron chi connectivity index (χ1n) is 12.3. The number of carbonyl (C=O) groups excluding carboxylic acids is 1. The van der Waals surface area contributed by atoms with E-state index in [0.717, 1.165) is 21.9 Å². The smallest absolute Gasteiger partial charge is 0.326 e. The van der Waals surface area contributed by atoms with Crippen molar-refractivity contribution < 1.29 is 13.9 Å². The van der Waals surface area contributed by atoms with Crippen LogP contribution in [0.3, 0.4) is 0 Å². The molecule has 0 spiro atoms. The van der Waals surface area contributed by atoms with Crippen molar-refractivity contribution in [1.82, 2.24) is 14.2 Å². The van der Waals surface area contributed by atoms with Gasteiger partial charge in [0.1, 0.15) is 12.1 Å². The second-order valence-corrected chi connectivity index (χ2v) is 9.23. The van der Waals surface area contributed by atoms with E-state index in [-0.39, 0.29) is 24.2 Å². The molecule has 0 unspecified atom stereocenters. The Morgan fingerprint density at radius 1 is 1.03 bits per heavy atom. The van der Waals surface area contributed by atoms with Crippen molar-refractivity contribution in [3.8, 4) is 11.6 Å². The molecule has 3 aromatic carbocycles. The number of esters is 1. The van der Waals surface area contributed by atoms with Crippen LogP contribution >= 0.6 is 0 Å². The fourth-order valence-corrected chi connectivity index (χ4v) is 4.55. The quantitative estimate of drug-likeness (QED) is 0.218. The largest absolute Gasteiger partial charge is 0.462 e. The molecule has 0 atom stereocenters. The number of para-hydroxylation sites is 3. The molecule has 188 valence electrons. The lowest BCUT2D eigenvalue weighted by molar-refractivity contribution is -0.148. The Balaban J connectivity index is 1.49. The van der Waals surface area contributed by atoms with E-state index in [1.165, 1.54) is 4.68 Å². The first-order chi connectivity index (χ1) is 18.5. The fourth-order valence-electron chi connectivity index (χ4n) is 4.55. The minimum absolute atomic E-state index is 0.0637. The van der Waals surface area contributed by atoms with Crippen LogP contribution in [0.4, 0.5) is 0 Å². The predicted octanol–water partition coefficient (Wildman–Crippen LogP) is 5.60. The molecule has 0 saturated carbocycles. The van der Waals surface area contributed by atoms with E-state index in [9.17, 15) is 9.59 Å². The molecule has 6 aromatic rings. The van der Waals surface area contributed by atoms with Crippen molar-refractivity contribution in [3.05, 3.63) is 101 Å². The molecule has 0 fully saturated rings. The van der Waals surface area contributed by atoms with E-state index in [1.54, 1.807) is 24.4 Å². The van der Waals surface area contributed by atoms with Gasteiger partial charge in [-0.05, 0) is 44.2 Å². The van der Waals surface area contributed by atoms with Crippen LogP contribution in [-0.4, -0.2) is 32.5 Å².